The zero-order valence-electron chi connectivity index (χ0n) is 21.5. The first-order chi connectivity index (χ1) is 19.9. The third-order valence-corrected chi connectivity index (χ3v) is 5.36. The lowest BCUT2D eigenvalue weighted by molar-refractivity contribution is -0.151. The van der Waals surface area contributed by atoms with Crippen LogP contribution in [0.25, 0.3) is 0 Å². The van der Waals surface area contributed by atoms with E-state index < -0.39 is 93.7 Å². The van der Waals surface area contributed by atoms with Gasteiger partial charge in [0.25, 0.3) is 11.5 Å². The summed E-state index contributed by atoms with van der Waals surface area (Å²) in [6, 6.07) is 4.41. The lowest BCUT2D eigenvalue weighted by Gasteiger charge is -2.25. The molecule has 1 aromatic heterocycles. The summed E-state index contributed by atoms with van der Waals surface area (Å²) in [7, 11) is 16.1. The number of nitrogens with one attached hydrogen (secondary N) is 1. The van der Waals surface area contributed by atoms with E-state index in [1.807, 2.05) is 0 Å². The van der Waals surface area contributed by atoms with Crippen LogP contribution in [0.3, 0.4) is 0 Å². The maximum Gasteiger partial charge on any atom is 0.417 e. The van der Waals surface area contributed by atoms with Crippen molar-refractivity contribution < 1.29 is 51.3 Å². The number of ether oxygens (including phenoxy) is 3. The number of carboxylic acid groups (broad SMARTS) is 1. The van der Waals surface area contributed by atoms with Gasteiger partial charge in [0.05, 0.1) is 40.9 Å². The Morgan fingerprint density at radius 2 is 1.72 bits per heavy atom. The topological polar surface area (TPSA) is 146 Å². The van der Waals surface area contributed by atoms with E-state index in [0.29, 0.717) is 16.8 Å². The number of amides is 1. The second kappa shape index (κ2) is 13.2. The van der Waals surface area contributed by atoms with Crippen molar-refractivity contribution in [2.24, 2.45) is 0 Å². The molecule has 3 aromatic rings. The van der Waals surface area contributed by atoms with E-state index in [4.69, 9.17) is 54.5 Å². The van der Waals surface area contributed by atoms with Crippen molar-refractivity contribution in [3.05, 3.63) is 74.9 Å². The fourth-order valence-corrected chi connectivity index (χ4v) is 3.47. The number of hydrogen-bond acceptors (Lipinski definition) is 8. The highest BCUT2D eigenvalue weighted by atomic mass is 35.5. The molecule has 11 nitrogen and oxygen atoms in total. The number of aromatic nitrogens is 2. The largest absolute Gasteiger partial charge is 0.512 e. The first-order valence-electron chi connectivity index (χ1n) is 11.6. The second-order valence-electron chi connectivity index (χ2n) is 8.55. The number of carbonyl (C=O) groups is 3. The summed E-state index contributed by atoms with van der Waals surface area (Å²) in [4.78, 5) is 47.5. The molecule has 19 heteroatoms. The van der Waals surface area contributed by atoms with Crippen LogP contribution in [0.5, 0.6) is 17.2 Å². The van der Waals surface area contributed by atoms with Gasteiger partial charge < -0.3 is 24.6 Å². The maximum absolute atomic E-state index is 13.8. The molecule has 3 rings (SSSR count). The average molecular weight is 617 g/mol. The highest BCUT2D eigenvalue weighted by Gasteiger charge is 2.35. The molecule has 1 amide bonds. The van der Waals surface area contributed by atoms with Crippen LogP contribution in [0.4, 0.5) is 23.2 Å². The van der Waals surface area contributed by atoms with Crippen molar-refractivity contribution in [3.8, 4) is 17.2 Å². The number of hydrogen-bond donors (Lipinski definition) is 2. The monoisotopic (exact) mass is 617 g/mol. The van der Waals surface area contributed by atoms with Gasteiger partial charge in [0.15, 0.2) is 18.2 Å². The minimum Gasteiger partial charge on any atom is -0.512 e. The molecule has 0 saturated heterocycles. The first kappa shape index (κ1) is 33.0. The molecular weight excluding hydrogens is 602 g/mol. The number of halogens is 5. The van der Waals surface area contributed by atoms with Crippen molar-refractivity contribution in [2.75, 3.05) is 5.32 Å². The summed E-state index contributed by atoms with van der Waals surface area (Å²) in [5.74, 6) is -5.86. The molecule has 0 unspecified atom stereocenters. The molecule has 0 aliphatic rings. The normalized spacial score (nSPS) is 11.5. The number of alkyl halides is 3. The lowest BCUT2D eigenvalue weighted by atomic mass is 9.52. The van der Waals surface area contributed by atoms with Gasteiger partial charge in [-0.1, -0.05) is 11.6 Å². The molecule has 6 radical (unpaired) electrons. The van der Waals surface area contributed by atoms with Gasteiger partial charge in [-0.15, -0.1) is 0 Å². The van der Waals surface area contributed by atoms with Crippen LogP contribution in [-0.4, -0.2) is 61.6 Å². The lowest BCUT2D eigenvalue weighted by Crippen LogP contribution is -2.37. The van der Waals surface area contributed by atoms with Crippen LogP contribution in [0.2, 0.25) is 5.02 Å². The Bertz CT molecular complexity index is 1620. The van der Waals surface area contributed by atoms with Crippen LogP contribution < -0.4 is 20.3 Å². The fourth-order valence-electron chi connectivity index (χ4n) is 3.20. The third kappa shape index (κ3) is 9.53. The Morgan fingerprint density at radius 1 is 1.02 bits per heavy atom. The number of benzene rings is 2. The highest BCUT2D eigenvalue weighted by Crippen LogP contribution is 2.41. The van der Waals surface area contributed by atoms with Crippen LogP contribution in [-0.2, 0) is 27.2 Å². The van der Waals surface area contributed by atoms with E-state index in [-0.39, 0.29) is 5.69 Å². The summed E-state index contributed by atoms with van der Waals surface area (Å²) in [6.45, 7) is -0.671. The predicted octanol–water partition coefficient (Wildman–Crippen LogP) is 2.96. The van der Waals surface area contributed by atoms with E-state index in [9.17, 15) is 36.7 Å². The smallest absolute Gasteiger partial charge is 0.417 e. The number of rotatable bonds is 11. The van der Waals surface area contributed by atoms with E-state index in [1.165, 1.54) is 0 Å². The predicted molar refractivity (Wildman–Crippen MR) is 143 cm³/mol. The minimum atomic E-state index is -4.99. The zero-order chi connectivity index (χ0) is 32.1. The van der Waals surface area contributed by atoms with Gasteiger partial charge in [-0.05, 0) is 29.6 Å². The summed E-state index contributed by atoms with van der Waals surface area (Å²) in [5, 5.41) is 11.3. The molecule has 0 fully saturated rings. The molecule has 0 spiro atoms. The molecule has 2 N–H and O–H groups in total. The number of carbonyl (C=O) groups excluding carboxylic acids is 2. The van der Waals surface area contributed by atoms with Crippen LogP contribution in [0, 0.1) is 5.82 Å². The third-order valence-electron chi connectivity index (χ3n) is 5.05. The van der Waals surface area contributed by atoms with Crippen LogP contribution >= 0.6 is 11.6 Å². The van der Waals surface area contributed by atoms with Crippen molar-refractivity contribution >= 4 is 58.7 Å². The number of nitrogens with zero attached hydrogens (tertiary/aromatic N) is 2. The fraction of sp³-hybridized carbons (Fsp3) is 0.208. The van der Waals surface area contributed by atoms with E-state index in [1.54, 1.807) is 0 Å². The average Bonchev–Trinajstić information content (AvgIpc) is 2.87. The van der Waals surface area contributed by atoms with Gasteiger partial charge in [0, 0.05) is 12.1 Å². The van der Waals surface area contributed by atoms with Crippen molar-refractivity contribution in [2.45, 2.75) is 31.0 Å². The zero-order valence-corrected chi connectivity index (χ0v) is 22.2. The summed E-state index contributed by atoms with van der Waals surface area (Å²) in [6.07, 6.45) is -4.98. The van der Waals surface area contributed by atoms with Crippen molar-refractivity contribution in [1.29, 1.82) is 0 Å². The Balaban J connectivity index is 1.91. The van der Waals surface area contributed by atoms with E-state index in [2.05, 4.69) is 10.4 Å². The second-order valence-corrected chi connectivity index (χ2v) is 8.96. The van der Waals surface area contributed by atoms with Gasteiger partial charge in [-0.3, -0.25) is 19.2 Å². The standard InChI is InChI=1S/C24H15B3ClF4N3O8/c25-24(26,27)43-18-5-11(29)1-2-16(18)42-17-8-14(23(30,31)32)15(28)7-13(17)22(40)34-12-6-19(36)35(33-9-12)10-41-21(39)4-3-20(37)38/h1-2,5-9H,3-4,10H2,(H,34,40)(H,37,38). The van der Waals surface area contributed by atoms with Crippen molar-refractivity contribution in [3.63, 3.8) is 0 Å². The van der Waals surface area contributed by atoms with Gasteiger partial charge in [0.1, 0.15) is 35.1 Å². The molecule has 0 saturated carbocycles. The number of aliphatic carboxylic acids is 1. The molecule has 2 aromatic carbocycles. The Hall–Kier alpha value is -4.47. The first-order valence-corrected chi connectivity index (χ1v) is 12.0. The van der Waals surface area contributed by atoms with Gasteiger partial charge in [-0.2, -0.15) is 23.0 Å². The molecule has 218 valence electrons. The Labute approximate surface area is 248 Å². The van der Waals surface area contributed by atoms with Gasteiger partial charge in [0.2, 0.25) is 0 Å². The SMILES string of the molecule is [B]C([B])([B])Oc1cc(F)ccc1Oc1cc(C(F)(F)F)c(Cl)cc1C(=O)Nc1cnn(COC(=O)CCC(=O)O)c(=O)c1. The Kier molecular flexibility index (Phi) is 10.2. The summed E-state index contributed by atoms with van der Waals surface area (Å²) < 4.78 is 70.6. The molecule has 43 heavy (non-hydrogen) atoms. The Morgan fingerprint density at radius 3 is 2.33 bits per heavy atom. The van der Waals surface area contributed by atoms with Crippen molar-refractivity contribution in [1.82, 2.24) is 9.78 Å². The number of anilines is 1. The number of esters is 1. The minimum absolute atomic E-state index is 0.240. The summed E-state index contributed by atoms with van der Waals surface area (Å²) in [5.41, 5.74) is -3.09. The van der Waals surface area contributed by atoms with Gasteiger partial charge in [-0.25, -0.2) is 4.39 Å². The van der Waals surface area contributed by atoms with Gasteiger partial charge >= 0.3 is 18.1 Å². The van der Waals surface area contributed by atoms with Crippen LogP contribution in [0.15, 0.2) is 47.4 Å². The maximum atomic E-state index is 13.8. The summed E-state index contributed by atoms with van der Waals surface area (Å²) >= 11 is 5.80. The van der Waals surface area contributed by atoms with E-state index >= 15 is 0 Å². The van der Waals surface area contributed by atoms with E-state index in [0.717, 1.165) is 30.5 Å². The molecule has 0 atom stereocenters. The highest BCUT2D eigenvalue weighted by molar-refractivity contribution is 6.58. The molecule has 0 aliphatic heterocycles. The van der Waals surface area contributed by atoms with Crippen LogP contribution in [0.1, 0.15) is 28.8 Å². The molecule has 0 bridgehead atoms. The number of carboxylic acids is 1. The molecule has 0 aliphatic carbocycles. The quantitative estimate of drug-likeness (QED) is 0.188. The molecular formula is C24H15B3ClF4N3O8. The molecule has 1 heterocycles.